The fourth-order valence-electron chi connectivity index (χ4n) is 2.77. The van der Waals surface area contributed by atoms with E-state index in [1.807, 2.05) is 0 Å². The van der Waals surface area contributed by atoms with Gasteiger partial charge in [0, 0.05) is 18.0 Å². The summed E-state index contributed by atoms with van der Waals surface area (Å²) in [5.41, 5.74) is -10.6. The summed E-state index contributed by atoms with van der Waals surface area (Å²) < 4.78 is 136. The van der Waals surface area contributed by atoms with E-state index in [-0.39, 0.29) is 6.08 Å². The quantitative estimate of drug-likeness (QED) is 0.575. The van der Waals surface area contributed by atoms with E-state index in [1.54, 1.807) is 0 Å². The number of halogens is 10. The van der Waals surface area contributed by atoms with Crippen LogP contribution in [0.1, 0.15) is 13.3 Å². The number of aromatic nitrogens is 1. The van der Waals surface area contributed by atoms with E-state index in [0.29, 0.717) is 0 Å². The molecule has 0 saturated carbocycles. The van der Waals surface area contributed by atoms with Crippen molar-refractivity contribution < 1.29 is 48.6 Å². The van der Waals surface area contributed by atoms with Crippen molar-refractivity contribution >= 4 is 0 Å². The minimum absolute atomic E-state index is 0.0211. The van der Waals surface area contributed by atoms with Crippen molar-refractivity contribution in [1.29, 1.82) is 0 Å². The lowest BCUT2D eigenvalue weighted by Gasteiger charge is -2.40. The molecule has 0 aromatic carbocycles. The van der Waals surface area contributed by atoms with E-state index in [9.17, 15) is 43.9 Å². The smallest absolute Gasteiger partial charge is 0.407 e. The van der Waals surface area contributed by atoms with Gasteiger partial charge in [-0.2, -0.15) is 26.3 Å². The lowest BCUT2D eigenvalue weighted by molar-refractivity contribution is -0.333. The molecule has 0 radical (unpaired) electrons. The molecule has 0 N–H and O–H groups in total. The normalized spacial score (nSPS) is 22.3. The highest BCUT2D eigenvalue weighted by Crippen LogP contribution is 2.55. The lowest BCUT2D eigenvalue weighted by atomic mass is 9.80. The number of ether oxygens (including phenoxy) is 1. The highest BCUT2D eigenvalue weighted by Gasteiger charge is 2.75. The zero-order chi connectivity index (χ0) is 20.9. The van der Waals surface area contributed by atoms with Gasteiger partial charge in [-0.3, -0.25) is 0 Å². The minimum atomic E-state index is -6.58. The SMILES string of the molecule is CC1(n2cccc2)CC=CC(C(F)(C(F)(F)F)C(F)(F)F)=C1OC(F)(F)F. The third kappa shape index (κ3) is 3.53. The highest BCUT2D eigenvalue weighted by molar-refractivity contribution is 5.43. The van der Waals surface area contributed by atoms with Gasteiger partial charge in [0.05, 0.1) is 0 Å². The Morgan fingerprint density at radius 2 is 1.37 bits per heavy atom. The maximum absolute atomic E-state index is 14.5. The first kappa shape index (κ1) is 21.2. The first-order valence-corrected chi connectivity index (χ1v) is 7.17. The molecule has 1 aromatic rings. The Balaban J connectivity index is 2.86. The molecule has 0 spiro atoms. The van der Waals surface area contributed by atoms with Crippen LogP contribution in [-0.4, -0.2) is 29.0 Å². The topological polar surface area (TPSA) is 14.2 Å². The van der Waals surface area contributed by atoms with E-state index in [1.165, 1.54) is 12.1 Å². The van der Waals surface area contributed by atoms with Crippen molar-refractivity contribution in [2.45, 2.75) is 43.3 Å². The van der Waals surface area contributed by atoms with Crippen LogP contribution in [0.4, 0.5) is 43.9 Å². The third-order valence-electron chi connectivity index (χ3n) is 4.08. The fourth-order valence-corrected chi connectivity index (χ4v) is 2.77. The average molecular weight is 411 g/mol. The molecule has 1 aromatic heterocycles. The summed E-state index contributed by atoms with van der Waals surface area (Å²) in [6.07, 6.45) is -16.3. The summed E-state index contributed by atoms with van der Waals surface area (Å²) in [6, 6.07) is 2.56. The Morgan fingerprint density at radius 3 is 1.78 bits per heavy atom. The van der Waals surface area contributed by atoms with Crippen molar-refractivity contribution in [2.24, 2.45) is 0 Å². The van der Waals surface area contributed by atoms with Crippen LogP contribution >= 0.6 is 0 Å². The molecule has 12 heteroatoms. The first-order chi connectivity index (χ1) is 12.0. The predicted octanol–water partition coefficient (Wildman–Crippen LogP) is 5.79. The van der Waals surface area contributed by atoms with Gasteiger partial charge in [-0.1, -0.05) is 12.2 Å². The predicted molar refractivity (Wildman–Crippen MR) is 72.0 cm³/mol. The van der Waals surface area contributed by atoms with E-state index in [2.05, 4.69) is 4.74 Å². The Hall–Kier alpha value is -2.14. The van der Waals surface area contributed by atoms with Gasteiger partial charge in [-0.15, -0.1) is 13.2 Å². The number of allylic oxidation sites excluding steroid dienone is 4. The second-order valence-electron chi connectivity index (χ2n) is 5.92. The van der Waals surface area contributed by atoms with Crippen LogP contribution in [0.5, 0.6) is 0 Å². The summed E-state index contributed by atoms with van der Waals surface area (Å²) in [5, 5.41) is 0. The molecule has 0 fully saturated rings. The summed E-state index contributed by atoms with van der Waals surface area (Å²) in [4.78, 5) is 0. The van der Waals surface area contributed by atoms with Gasteiger partial charge in [-0.25, -0.2) is 4.39 Å². The summed E-state index contributed by atoms with van der Waals surface area (Å²) in [5.74, 6) is -1.83. The van der Waals surface area contributed by atoms with Crippen molar-refractivity contribution in [3.63, 3.8) is 0 Å². The summed E-state index contributed by atoms with van der Waals surface area (Å²) in [6.45, 7) is 0.907. The standard InChI is InChI=1S/C15H11F10NO/c1-11(26-7-2-3-8-26)6-4-5-9(10(11)27-15(23,24)25)12(16,13(17,18)19)14(20,21)22/h2-5,7-8H,6H2,1H3. The highest BCUT2D eigenvalue weighted by atomic mass is 19.4. The molecule has 1 atom stereocenters. The number of hydrogen-bond acceptors (Lipinski definition) is 1. The lowest BCUT2D eigenvalue weighted by Crippen LogP contribution is -2.56. The summed E-state index contributed by atoms with van der Waals surface area (Å²) >= 11 is 0. The number of alkyl halides is 10. The van der Waals surface area contributed by atoms with Crippen molar-refractivity contribution in [1.82, 2.24) is 4.57 Å². The molecule has 1 heterocycles. The van der Waals surface area contributed by atoms with Gasteiger partial charge in [0.25, 0.3) is 0 Å². The van der Waals surface area contributed by atoms with Gasteiger partial charge in [0.2, 0.25) is 0 Å². The van der Waals surface area contributed by atoms with Crippen LogP contribution in [0.2, 0.25) is 0 Å². The molecule has 1 unspecified atom stereocenters. The van der Waals surface area contributed by atoms with Crippen LogP contribution in [-0.2, 0) is 10.3 Å². The average Bonchev–Trinajstić information content (AvgIpc) is 3.00. The molecule has 152 valence electrons. The first-order valence-electron chi connectivity index (χ1n) is 7.17. The maximum atomic E-state index is 14.5. The molecule has 0 saturated heterocycles. The van der Waals surface area contributed by atoms with Crippen molar-refractivity contribution in [3.05, 3.63) is 48.0 Å². The Bertz CT molecular complexity index is 724. The fraction of sp³-hybridized carbons (Fsp3) is 0.467. The summed E-state index contributed by atoms with van der Waals surface area (Å²) in [7, 11) is 0. The minimum Gasteiger partial charge on any atom is -0.407 e. The molecule has 2 rings (SSSR count). The Labute approximate surface area is 145 Å². The molecule has 0 aliphatic heterocycles. The van der Waals surface area contributed by atoms with Gasteiger partial charge < -0.3 is 9.30 Å². The van der Waals surface area contributed by atoms with Crippen LogP contribution in [0, 0.1) is 0 Å². The largest absolute Gasteiger partial charge is 0.572 e. The monoisotopic (exact) mass is 411 g/mol. The van der Waals surface area contributed by atoms with Gasteiger partial charge in [0.15, 0.2) is 0 Å². The Kier molecular flexibility index (Phi) is 4.86. The molecule has 2 nitrogen and oxygen atoms in total. The zero-order valence-electron chi connectivity index (χ0n) is 13.3. The number of nitrogens with zero attached hydrogens (tertiary/aromatic N) is 1. The van der Waals surface area contributed by atoms with E-state index >= 15 is 0 Å². The van der Waals surface area contributed by atoms with Crippen LogP contribution in [0.15, 0.2) is 48.0 Å². The van der Waals surface area contributed by atoms with Gasteiger partial charge >= 0.3 is 24.4 Å². The molecule has 0 amide bonds. The molecular formula is C15H11F10NO. The molecular weight excluding hydrogens is 400 g/mol. The van der Waals surface area contributed by atoms with Gasteiger partial charge in [-0.05, 0) is 25.5 Å². The van der Waals surface area contributed by atoms with Crippen molar-refractivity contribution in [3.8, 4) is 0 Å². The molecule has 27 heavy (non-hydrogen) atoms. The van der Waals surface area contributed by atoms with Gasteiger partial charge in [0.1, 0.15) is 11.3 Å². The Morgan fingerprint density at radius 1 is 0.889 bits per heavy atom. The third-order valence-corrected chi connectivity index (χ3v) is 4.08. The van der Waals surface area contributed by atoms with Crippen LogP contribution in [0.3, 0.4) is 0 Å². The van der Waals surface area contributed by atoms with Crippen molar-refractivity contribution in [2.75, 3.05) is 0 Å². The molecule has 1 aliphatic carbocycles. The van der Waals surface area contributed by atoms with E-state index < -0.39 is 47.7 Å². The van der Waals surface area contributed by atoms with Crippen LogP contribution < -0.4 is 0 Å². The van der Waals surface area contributed by atoms with Crippen LogP contribution in [0.25, 0.3) is 0 Å². The zero-order valence-corrected chi connectivity index (χ0v) is 13.3. The number of hydrogen-bond donors (Lipinski definition) is 0. The second kappa shape index (κ2) is 6.20. The maximum Gasteiger partial charge on any atom is 0.572 e. The molecule has 0 bridgehead atoms. The number of rotatable bonds is 3. The molecule has 1 aliphatic rings. The van der Waals surface area contributed by atoms with E-state index in [4.69, 9.17) is 0 Å². The second-order valence-corrected chi connectivity index (χ2v) is 5.92. The van der Waals surface area contributed by atoms with E-state index in [0.717, 1.165) is 30.0 Å².